The second kappa shape index (κ2) is 4.78. The molecule has 1 aromatic carbocycles. The molecule has 80 valence electrons. The van der Waals surface area contributed by atoms with Crippen molar-refractivity contribution in [2.24, 2.45) is 0 Å². The highest BCUT2D eigenvalue weighted by atomic mass is 16.3. The number of carbonyl (C=O) groups is 1. The maximum Gasteiger partial charge on any atom is 0.166 e. The Morgan fingerprint density at radius 3 is 2.80 bits per heavy atom. The SMILES string of the molecule is C=CC(C)c1cccc(C(=O)CC)c1O. The van der Waals surface area contributed by atoms with Gasteiger partial charge in [-0.1, -0.05) is 32.1 Å². The first-order valence-electron chi connectivity index (χ1n) is 5.09. The lowest BCUT2D eigenvalue weighted by Crippen LogP contribution is -2.00. The number of hydrogen-bond acceptors (Lipinski definition) is 2. The molecule has 0 radical (unpaired) electrons. The van der Waals surface area contributed by atoms with E-state index in [1.807, 2.05) is 13.0 Å². The van der Waals surface area contributed by atoms with Crippen molar-refractivity contribution >= 4 is 5.78 Å². The lowest BCUT2D eigenvalue weighted by molar-refractivity contribution is 0.0985. The average Bonchev–Trinajstić information content (AvgIpc) is 2.27. The molecule has 1 rings (SSSR count). The number of ketones is 1. The van der Waals surface area contributed by atoms with Gasteiger partial charge in [0, 0.05) is 17.9 Å². The van der Waals surface area contributed by atoms with E-state index < -0.39 is 0 Å². The molecule has 0 aromatic heterocycles. The first kappa shape index (κ1) is 11.5. The van der Waals surface area contributed by atoms with Gasteiger partial charge < -0.3 is 5.11 Å². The highest BCUT2D eigenvalue weighted by Crippen LogP contribution is 2.30. The molecule has 0 aliphatic rings. The third-order valence-corrected chi connectivity index (χ3v) is 2.53. The fourth-order valence-corrected chi connectivity index (χ4v) is 1.47. The van der Waals surface area contributed by atoms with Crippen molar-refractivity contribution < 1.29 is 9.90 Å². The second-order valence-electron chi connectivity index (χ2n) is 3.54. The van der Waals surface area contributed by atoms with Gasteiger partial charge in [0.25, 0.3) is 0 Å². The normalized spacial score (nSPS) is 12.1. The molecule has 0 bridgehead atoms. The first-order valence-corrected chi connectivity index (χ1v) is 5.09. The number of allylic oxidation sites excluding steroid dienone is 1. The van der Waals surface area contributed by atoms with Crippen LogP contribution in [0.2, 0.25) is 0 Å². The van der Waals surface area contributed by atoms with E-state index in [0.29, 0.717) is 12.0 Å². The molecule has 0 fully saturated rings. The minimum Gasteiger partial charge on any atom is -0.507 e. The first-order chi connectivity index (χ1) is 7.11. The lowest BCUT2D eigenvalue weighted by atomic mass is 9.95. The fourth-order valence-electron chi connectivity index (χ4n) is 1.47. The molecule has 0 aliphatic heterocycles. The zero-order chi connectivity index (χ0) is 11.4. The predicted molar refractivity (Wildman–Crippen MR) is 61.3 cm³/mol. The number of phenolic OH excluding ortho intramolecular Hbond substituents is 1. The largest absolute Gasteiger partial charge is 0.507 e. The number of carbonyl (C=O) groups excluding carboxylic acids is 1. The summed E-state index contributed by atoms with van der Waals surface area (Å²) in [6.45, 7) is 7.39. The summed E-state index contributed by atoms with van der Waals surface area (Å²) in [4.78, 5) is 11.5. The van der Waals surface area contributed by atoms with E-state index in [4.69, 9.17) is 0 Å². The van der Waals surface area contributed by atoms with Crippen LogP contribution >= 0.6 is 0 Å². The van der Waals surface area contributed by atoms with Crippen molar-refractivity contribution in [3.8, 4) is 5.75 Å². The number of hydrogen-bond donors (Lipinski definition) is 1. The van der Waals surface area contributed by atoms with Crippen molar-refractivity contribution in [1.82, 2.24) is 0 Å². The Morgan fingerprint density at radius 1 is 1.60 bits per heavy atom. The molecule has 0 spiro atoms. The van der Waals surface area contributed by atoms with Crippen LogP contribution in [0.5, 0.6) is 5.75 Å². The number of aromatic hydroxyl groups is 1. The van der Waals surface area contributed by atoms with Crippen molar-refractivity contribution in [3.05, 3.63) is 42.0 Å². The molecule has 0 aliphatic carbocycles. The third-order valence-electron chi connectivity index (χ3n) is 2.53. The van der Waals surface area contributed by atoms with Gasteiger partial charge in [0.1, 0.15) is 5.75 Å². The van der Waals surface area contributed by atoms with Gasteiger partial charge in [0.05, 0.1) is 5.56 Å². The number of Topliss-reactive ketones (excluding diaryl/α,β-unsaturated/α-hetero) is 1. The molecular weight excluding hydrogens is 188 g/mol. The zero-order valence-corrected chi connectivity index (χ0v) is 9.16. The van der Waals surface area contributed by atoms with Crippen LogP contribution in [0.15, 0.2) is 30.9 Å². The van der Waals surface area contributed by atoms with E-state index in [1.165, 1.54) is 0 Å². The van der Waals surface area contributed by atoms with Crippen LogP contribution < -0.4 is 0 Å². The van der Waals surface area contributed by atoms with E-state index in [-0.39, 0.29) is 17.5 Å². The van der Waals surface area contributed by atoms with Gasteiger partial charge in [0.2, 0.25) is 0 Å². The van der Waals surface area contributed by atoms with Crippen molar-refractivity contribution in [2.75, 3.05) is 0 Å². The summed E-state index contributed by atoms with van der Waals surface area (Å²) < 4.78 is 0. The summed E-state index contributed by atoms with van der Waals surface area (Å²) in [6, 6.07) is 5.26. The van der Waals surface area contributed by atoms with Gasteiger partial charge in [-0.3, -0.25) is 4.79 Å². The van der Waals surface area contributed by atoms with E-state index in [2.05, 4.69) is 6.58 Å². The average molecular weight is 204 g/mol. The number of benzene rings is 1. The van der Waals surface area contributed by atoms with Gasteiger partial charge in [-0.15, -0.1) is 6.58 Å². The van der Waals surface area contributed by atoms with Crippen molar-refractivity contribution in [3.63, 3.8) is 0 Å². The molecule has 0 saturated carbocycles. The van der Waals surface area contributed by atoms with Gasteiger partial charge >= 0.3 is 0 Å². The van der Waals surface area contributed by atoms with E-state index in [1.54, 1.807) is 25.1 Å². The fraction of sp³-hybridized carbons (Fsp3) is 0.308. The van der Waals surface area contributed by atoms with E-state index in [0.717, 1.165) is 5.56 Å². The molecule has 0 saturated heterocycles. The standard InChI is InChI=1S/C13H16O2/c1-4-9(3)10-7-6-8-11(13(10)15)12(14)5-2/h4,6-9,15H,1,5H2,2-3H3. The predicted octanol–water partition coefficient (Wildman–Crippen LogP) is 3.27. The zero-order valence-electron chi connectivity index (χ0n) is 9.16. The number of para-hydroxylation sites is 1. The second-order valence-corrected chi connectivity index (χ2v) is 3.54. The van der Waals surface area contributed by atoms with Crippen LogP contribution in [-0.4, -0.2) is 10.9 Å². The highest BCUT2D eigenvalue weighted by Gasteiger charge is 2.14. The molecule has 1 aromatic rings. The molecule has 15 heavy (non-hydrogen) atoms. The summed E-state index contributed by atoms with van der Waals surface area (Å²) in [5.41, 5.74) is 1.16. The summed E-state index contributed by atoms with van der Waals surface area (Å²) >= 11 is 0. The third kappa shape index (κ3) is 2.27. The Hall–Kier alpha value is -1.57. The minimum absolute atomic E-state index is 0.0365. The minimum atomic E-state index is -0.0365. The van der Waals surface area contributed by atoms with Gasteiger partial charge in [0.15, 0.2) is 5.78 Å². The summed E-state index contributed by atoms with van der Waals surface area (Å²) in [6.07, 6.45) is 2.15. The topological polar surface area (TPSA) is 37.3 Å². The van der Waals surface area contributed by atoms with E-state index in [9.17, 15) is 9.90 Å². The number of rotatable bonds is 4. The van der Waals surface area contributed by atoms with Gasteiger partial charge in [-0.25, -0.2) is 0 Å². The molecule has 0 heterocycles. The van der Waals surface area contributed by atoms with Crippen LogP contribution in [0.25, 0.3) is 0 Å². The molecule has 1 unspecified atom stereocenters. The Morgan fingerprint density at radius 2 is 2.27 bits per heavy atom. The maximum absolute atomic E-state index is 11.5. The molecule has 1 N–H and O–H groups in total. The Kier molecular flexibility index (Phi) is 3.67. The molecule has 0 amide bonds. The number of phenols is 1. The lowest BCUT2D eigenvalue weighted by Gasteiger charge is -2.11. The summed E-state index contributed by atoms with van der Waals surface area (Å²) in [5, 5.41) is 9.92. The van der Waals surface area contributed by atoms with Crippen LogP contribution in [0, 0.1) is 0 Å². The maximum atomic E-state index is 11.5. The van der Waals surface area contributed by atoms with Crippen LogP contribution in [-0.2, 0) is 0 Å². The van der Waals surface area contributed by atoms with Crippen LogP contribution in [0.3, 0.4) is 0 Å². The Bertz CT molecular complexity index is 380. The Labute approximate surface area is 90.3 Å². The smallest absolute Gasteiger partial charge is 0.166 e. The molecule has 2 heteroatoms. The van der Waals surface area contributed by atoms with Crippen LogP contribution in [0.4, 0.5) is 0 Å². The van der Waals surface area contributed by atoms with Crippen molar-refractivity contribution in [1.29, 1.82) is 0 Å². The summed E-state index contributed by atoms with van der Waals surface area (Å²) in [7, 11) is 0. The van der Waals surface area contributed by atoms with Crippen molar-refractivity contribution in [2.45, 2.75) is 26.2 Å². The Balaban J connectivity index is 3.22. The monoisotopic (exact) mass is 204 g/mol. The summed E-state index contributed by atoms with van der Waals surface area (Å²) in [5.74, 6) is 0.108. The molecule has 2 nitrogen and oxygen atoms in total. The molecule has 1 atom stereocenters. The molecular formula is C13H16O2. The highest BCUT2D eigenvalue weighted by molar-refractivity contribution is 5.98. The van der Waals surface area contributed by atoms with Crippen LogP contribution in [0.1, 0.15) is 42.1 Å². The quantitative estimate of drug-likeness (QED) is 0.603. The van der Waals surface area contributed by atoms with E-state index >= 15 is 0 Å². The van der Waals surface area contributed by atoms with Gasteiger partial charge in [-0.05, 0) is 6.07 Å². The van der Waals surface area contributed by atoms with Gasteiger partial charge in [-0.2, -0.15) is 0 Å².